The molecule has 2 fully saturated rings. The van der Waals surface area contributed by atoms with Gasteiger partial charge in [-0.1, -0.05) is 18.2 Å². The molecule has 2 saturated heterocycles. The number of amides is 3. The van der Waals surface area contributed by atoms with Crippen molar-refractivity contribution in [3.8, 4) is 11.1 Å². The molecule has 16 heteroatoms. The van der Waals surface area contributed by atoms with Gasteiger partial charge in [0.25, 0.3) is 11.8 Å². The molecule has 3 amide bonds. The second kappa shape index (κ2) is 15.5. The van der Waals surface area contributed by atoms with Gasteiger partial charge in [0.15, 0.2) is 11.2 Å². The van der Waals surface area contributed by atoms with Gasteiger partial charge in [-0.2, -0.15) is 0 Å². The number of piperidine rings is 1. The molecular weight excluding hydrogens is 768 g/mol. The molecule has 4 aliphatic rings. The molecule has 4 aliphatic heterocycles. The zero-order valence-corrected chi connectivity index (χ0v) is 32.4. The van der Waals surface area contributed by atoms with Gasteiger partial charge in [0.1, 0.15) is 17.8 Å². The number of rotatable bonds is 9. The first kappa shape index (κ1) is 37.8. The largest absolute Gasteiger partial charge is 0.399 e. The summed E-state index contributed by atoms with van der Waals surface area (Å²) in [4.78, 5) is 57.3. The summed E-state index contributed by atoms with van der Waals surface area (Å²) < 4.78 is 46.4. The minimum atomic E-state index is -1.23. The van der Waals surface area contributed by atoms with Crippen LogP contribution in [0.3, 0.4) is 0 Å². The first-order valence-corrected chi connectivity index (χ1v) is 20.4. The Labute approximate surface area is 337 Å². The number of nitrogen functional groups attached to an aromatic ring is 1. The Morgan fingerprint density at radius 1 is 0.931 bits per heavy atom. The Hall–Kier alpha value is -5.74. The van der Waals surface area contributed by atoms with E-state index in [9.17, 15) is 23.2 Å². The fraction of sp³-hybridized carbons (Fsp3) is 0.357. The molecule has 12 nitrogen and oxygen atoms in total. The molecule has 9 rings (SSSR count). The summed E-state index contributed by atoms with van der Waals surface area (Å²) in [6, 6.07) is 14.4. The number of nitrogens with two attached hydrogens (primary N) is 1. The van der Waals surface area contributed by atoms with Crippen molar-refractivity contribution in [1.29, 1.82) is 0 Å². The first-order chi connectivity index (χ1) is 28.1. The topological polar surface area (TPSA) is 133 Å². The van der Waals surface area contributed by atoms with Crippen LogP contribution in [0.25, 0.3) is 11.1 Å². The second-order valence-electron chi connectivity index (χ2n) is 15.4. The Morgan fingerprint density at radius 3 is 2.43 bits per heavy atom. The summed E-state index contributed by atoms with van der Waals surface area (Å²) in [5.41, 5.74) is 10.2. The third-order valence-corrected chi connectivity index (χ3v) is 12.6. The summed E-state index contributed by atoms with van der Waals surface area (Å²) in [6.07, 6.45) is 3.52. The average molecular weight is 810 g/mol. The fourth-order valence-corrected chi connectivity index (χ4v) is 9.33. The summed E-state index contributed by atoms with van der Waals surface area (Å²) in [5, 5.41) is 4.80. The van der Waals surface area contributed by atoms with Crippen LogP contribution in [0.4, 0.5) is 29.7 Å². The van der Waals surface area contributed by atoms with Gasteiger partial charge in [0.2, 0.25) is 5.91 Å². The van der Waals surface area contributed by atoms with Gasteiger partial charge in [-0.3, -0.25) is 24.6 Å². The lowest BCUT2D eigenvalue weighted by molar-refractivity contribution is -0.133. The minimum absolute atomic E-state index is 0.0602. The summed E-state index contributed by atoms with van der Waals surface area (Å²) in [6.45, 7) is 4.25. The maximum atomic E-state index is 15.9. The lowest BCUT2D eigenvalue weighted by Gasteiger charge is -2.38. The number of anilines is 3. The number of nitrogens with zero attached hydrogens (tertiary/aromatic N) is 7. The van der Waals surface area contributed by atoms with Crippen molar-refractivity contribution >= 4 is 45.6 Å². The number of alkyl halides is 1. The van der Waals surface area contributed by atoms with Crippen molar-refractivity contribution in [2.75, 3.05) is 61.8 Å². The van der Waals surface area contributed by atoms with Crippen molar-refractivity contribution in [2.24, 2.45) is 0 Å². The van der Waals surface area contributed by atoms with Crippen LogP contribution in [0, 0.1) is 11.6 Å². The molecule has 0 radical (unpaired) electrons. The van der Waals surface area contributed by atoms with Crippen LogP contribution in [0.15, 0.2) is 72.5 Å². The number of hydrogen-bond acceptors (Lipinski definition) is 9. The summed E-state index contributed by atoms with van der Waals surface area (Å²) in [5.74, 6) is -1.71. The Morgan fingerprint density at radius 2 is 1.71 bits per heavy atom. The molecule has 0 saturated carbocycles. The van der Waals surface area contributed by atoms with E-state index < -0.39 is 29.8 Å². The Balaban J connectivity index is 0.833. The van der Waals surface area contributed by atoms with E-state index in [-0.39, 0.29) is 54.0 Å². The number of carbonyl (C=O) groups is 3. The van der Waals surface area contributed by atoms with Crippen LogP contribution in [0.2, 0.25) is 0 Å². The third kappa shape index (κ3) is 7.30. The highest BCUT2D eigenvalue weighted by Crippen LogP contribution is 2.38. The highest BCUT2D eigenvalue weighted by molar-refractivity contribution is 7.13. The number of nitrogens with one attached hydrogen (secondary N) is 1. The molecule has 58 heavy (non-hydrogen) atoms. The van der Waals surface area contributed by atoms with E-state index in [0.29, 0.717) is 65.9 Å². The van der Waals surface area contributed by atoms with Gasteiger partial charge in [-0.05, 0) is 84.9 Å². The SMILES string of the molecule is Nc1ccc(C2CCN(CC(=O)N3CCN(c4ccc(-c5cc(F)c6c(c5)C(=O)N(C(C(=O)Nc5nccs5)c5ncn7c5C[C@@H](F)C7)C6)cc4)CC3)CC2)c(F)c1. The van der Waals surface area contributed by atoms with E-state index in [4.69, 9.17) is 5.73 Å². The van der Waals surface area contributed by atoms with Gasteiger partial charge in [0, 0.05) is 72.4 Å². The predicted octanol–water partition coefficient (Wildman–Crippen LogP) is 5.63. The fourth-order valence-electron chi connectivity index (χ4n) is 8.80. The minimum Gasteiger partial charge on any atom is -0.399 e. The molecule has 2 atom stereocenters. The van der Waals surface area contributed by atoms with E-state index >= 15 is 4.39 Å². The first-order valence-electron chi connectivity index (χ1n) is 19.5. The molecule has 0 aliphatic carbocycles. The summed E-state index contributed by atoms with van der Waals surface area (Å²) in [7, 11) is 0. The van der Waals surface area contributed by atoms with Crippen LogP contribution in [0.5, 0.6) is 0 Å². The third-order valence-electron chi connectivity index (χ3n) is 11.9. The highest BCUT2D eigenvalue weighted by Gasteiger charge is 2.43. The van der Waals surface area contributed by atoms with E-state index in [0.717, 1.165) is 31.6 Å². The Bertz CT molecular complexity index is 2360. The van der Waals surface area contributed by atoms with Crippen molar-refractivity contribution in [3.05, 3.63) is 112 Å². The smallest absolute Gasteiger partial charge is 0.255 e. The predicted molar refractivity (Wildman–Crippen MR) is 214 cm³/mol. The maximum Gasteiger partial charge on any atom is 0.255 e. The van der Waals surface area contributed by atoms with Gasteiger partial charge >= 0.3 is 0 Å². The number of thiazole rings is 1. The molecule has 2 aromatic heterocycles. The monoisotopic (exact) mass is 809 g/mol. The van der Waals surface area contributed by atoms with Crippen LogP contribution in [0.1, 0.15) is 57.7 Å². The quantitative estimate of drug-likeness (QED) is 0.184. The number of carbonyl (C=O) groups excluding carboxylic acids is 3. The van der Waals surface area contributed by atoms with Crippen molar-refractivity contribution < 1.29 is 27.6 Å². The molecule has 300 valence electrons. The second-order valence-corrected chi connectivity index (χ2v) is 16.3. The molecule has 6 heterocycles. The van der Waals surface area contributed by atoms with E-state index in [1.165, 1.54) is 34.7 Å². The highest BCUT2D eigenvalue weighted by atomic mass is 32.1. The van der Waals surface area contributed by atoms with Gasteiger partial charge < -0.3 is 25.0 Å². The lowest BCUT2D eigenvalue weighted by atomic mass is 9.89. The Kier molecular flexibility index (Phi) is 10.1. The van der Waals surface area contributed by atoms with Gasteiger partial charge in [-0.25, -0.2) is 23.1 Å². The van der Waals surface area contributed by atoms with E-state index in [2.05, 4.69) is 25.1 Å². The molecule has 0 bridgehead atoms. The van der Waals surface area contributed by atoms with Gasteiger partial charge in [-0.15, -0.1) is 11.3 Å². The molecule has 0 spiro atoms. The van der Waals surface area contributed by atoms with Crippen LogP contribution in [-0.2, 0) is 29.1 Å². The number of halogens is 3. The van der Waals surface area contributed by atoms with E-state index in [1.807, 2.05) is 29.2 Å². The summed E-state index contributed by atoms with van der Waals surface area (Å²) >= 11 is 1.22. The average Bonchev–Trinajstić information content (AvgIpc) is 4.02. The number of likely N-dealkylation sites (tertiary alicyclic amines) is 1. The number of aromatic nitrogens is 3. The van der Waals surface area contributed by atoms with Crippen LogP contribution in [-0.4, -0.2) is 98.9 Å². The zero-order chi connectivity index (χ0) is 40.1. The van der Waals surface area contributed by atoms with Crippen molar-refractivity contribution in [1.82, 2.24) is 29.2 Å². The molecule has 5 aromatic rings. The number of hydrogen-bond donors (Lipinski definition) is 2. The standard InChI is InChI=1S/C42H42F3N9O3S/c43-28-19-36-38(48-24-53(36)21-28)39(40(56)49-42-47-9-16-58-42)54-22-33-32(41(54)57)17-27(18-34(33)44)25-1-4-30(5-2-25)51-12-14-52(15-13-51)37(55)23-50-10-7-26(8-11-50)31-6-3-29(46)20-35(31)45/h1-6,9,16-18,20,24,26,28,39H,7-8,10-15,19,21-23,46H2,(H,47,49,56)/t28-,39?/m1/s1. The van der Waals surface area contributed by atoms with Crippen LogP contribution >= 0.6 is 11.3 Å². The number of benzene rings is 3. The molecule has 3 N–H and O–H groups in total. The molecule has 1 unspecified atom stereocenters. The molecular formula is C42H42F3N9O3S. The number of piperazine rings is 1. The zero-order valence-electron chi connectivity index (χ0n) is 31.6. The van der Waals surface area contributed by atoms with E-state index in [1.54, 1.807) is 34.3 Å². The number of fused-ring (bicyclic) bond motifs is 2. The van der Waals surface area contributed by atoms with Crippen LogP contribution < -0.4 is 16.0 Å². The lowest BCUT2D eigenvalue weighted by Crippen LogP contribution is -2.51. The number of imidazole rings is 1. The van der Waals surface area contributed by atoms with Gasteiger partial charge in [0.05, 0.1) is 31.7 Å². The maximum absolute atomic E-state index is 15.9. The molecule has 3 aromatic carbocycles. The van der Waals surface area contributed by atoms with Crippen molar-refractivity contribution in [2.45, 2.75) is 50.5 Å². The van der Waals surface area contributed by atoms with Crippen molar-refractivity contribution in [3.63, 3.8) is 0 Å². The normalized spacial score (nSPS) is 19.1.